The van der Waals surface area contributed by atoms with Crippen LogP contribution in [0.15, 0.2) is 42.5 Å². The molecule has 2 rings (SSSR count). The molecule has 0 aliphatic carbocycles. The summed E-state index contributed by atoms with van der Waals surface area (Å²) in [6.07, 6.45) is -0.742. The van der Waals surface area contributed by atoms with Gasteiger partial charge < -0.3 is 5.11 Å². The molecule has 0 spiro atoms. The topological polar surface area (TPSA) is 20.2 Å². The average molecular weight is 309 g/mol. The van der Waals surface area contributed by atoms with Crippen molar-refractivity contribution in [2.45, 2.75) is 32.3 Å². The summed E-state index contributed by atoms with van der Waals surface area (Å²) >= 11 is 12.0. The Morgan fingerprint density at radius 1 is 0.950 bits per heavy atom. The monoisotopic (exact) mass is 308 g/mol. The fourth-order valence-electron chi connectivity index (χ4n) is 2.07. The molecule has 106 valence electrons. The first-order chi connectivity index (χ1) is 9.29. The van der Waals surface area contributed by atoms with E-state index in [-0.39, 0.29) is 5.41 Å². The standard InChI is InChI=1S/C17H18Cl2O/c1-17(2,3)12-6-4-11(5-7-12)16(20)14-9-8-13(18)10-15(14)19/h4-10,16,20H,1-3H3. The van der Waals surface area contributed by atoms with E-state index in [4.69, 9.17) is 23.2 Å². The summed E-state index contributed by atoms with van der Waals surface area (Å²) in [5, 5.41) is 11.5. The number of halogens is 2. The maximum atomic E-state index is 10.4. The summed E-state index contributed by atoms with van der Waals surface area (Å²) in [5.74, 6) is 0. The van der Waals surface area contributed by atoms with Gasteiger partial charge in [-0.05, 0) is 28.7 Å². The second-order valence-electron chi connectivity index (χ2n) is 5.94. The van der Waals surface area contributed by atoms with Crippen LogP contribution in [-0.2, 0) is 5.41 Å². The summed E-state index contributed by atoms with van der Waals surface area (Å²) in [4.78, 5) is 0. The van der Waals surface area contributed by atoms with Gasteiger partial charge in [-0.1, -0.05) is 74.3 Å². The highest BCUT2D eigenvalue weighted by molar-refractivity contribution is 6.35. The Labute approximate surface area is 130 Å². The Morgan fingerprint density at radius 3 is 2.05 bits per heavy atom. The van der Waals surface area contributed by atoms with Gasteiger partial charge in [0.2, 0.25) is 0 Å². The molecule has 0 aliphatic heterocycles. The highest BCUT2D eigenvalue weighted by Gasteiger charge is 2.17. The molecule has 0 fully saturated rings. The lowest BCUT2D eigenvalue weighted by Crippen LogP contribution is -2.11. The number of rotatable bonds is 2. The Kier molecular flexibility index (Phi) is 4.43. The maximum absolute atomic E-state index is 10.4. The minimum atomic E-state index is -0.742. The molecule has 1 nitrogen and oxygen atoms in total. The first-order valence-corrected chi connectivity index (χ1v) is 7.28. The zero-order valence-corrected chi connectivity index (χ0v) is 13.3. The molecule has 2 aromatic carbocycles. The van der Waals surface area contributed by atoms with E-state index in [0.29, 0.717) is 15.6 Å². The summed E-state index contributed by atoms with van der Waals surface area (Å²) in [6.45, 7) is 6.48. The largest absolute Gasteiger partial charge is 0.384 e. The van der Waals surface area contributed by atoms with Gasteiger partial charge in [0.15, 0.2) is 0 Å². The Bertz CT molecular complexity index is 597. The lowest BCUT2D eigenvalue weighted by Gasteiger charge is -2.20. The molecule has 0 bridgehead atoms. The lowest BCUT2D eigenvalue weighted by molar-refractivity contribution is 0.220. The van der Waals surface area contributed by atoms with Crippen LogP contribution in [0.3, 0.4) is 0 Å². The van der Waals surface area contributed by atoms with Crippen LogP contribution in [0.25, 0.3) is 0 Å². The summed E-state index contributed by atoms with van der Waals surface area (Å²) in [5.41, 5.74) is 2.82. The van der Waals surface area contributed by atoms with Crippen molar-refractivity contribution < 1.29 is 5.11 Å². The van der Waals surface area contributed by atoms with Gasteiger partial charge in [0.1, 0.15) is 6.10 Å². The van der Waals surface area contributed by atoms with Crippen LogP contribution in [0.1, 0.15) is 43.6 Å². The Balaban J connectivity index is 2.31. The number of benzene rings is 2. The zero-order valence-electron chi connectivity index (χ0n) is 11.8. The van der Waals surface area contributed by atoms with E-state index >= 15 is 0 Å². The molecule has 1 unspecified atom stereocenters. The molecule has 0 aliphatic rings. The fraction of sp³-hybridized carbons (Fsp3) is 0.294. The molecule has 1 atom stereocenters. The van der Waals surface area contributed by atoms with Crippen molar-refractivity contribution in [1.29, 1.82) is 0 Å². The Morgan fingerprint density at radius 2 is 1.55 bits per heavy atom. The predicted octanol–water partition coefficient (Wildman–Crippen LogP) is 5.37. The van der Waals surface area contributed by atoms with Crippen molar-refractivity contribution >= 4 is 23.2 Å². The van der Waals surface area contributed by atoms with Gasteiger partial charge in [-0.3, -0.25) is 0 Å². The van der Waals surface area contributed by atoms with Gasteiger partial charge in [-0.2, -0.15) is 0 Å². The molecule has 1 N–H and O–H groups in total. The van der Waals surface area contributed by atoms with Gasteiger partial charge >= 0.3 is 0 Å². The summed E-state index contributed by atoms with van der Waals surface area (Å²) in [6, 6.07) is 13.1. The van der Waals surface area contributed by atoms with E-state index < -0.39 is 6.10 Å². The van der Waals surface area contributed by atoms with E-state index in [2.05, 4.69) is 20.8 Å². The molecule has 0 heterocycles. The van der Waals surface area contributed by atoms with Crippen molar-refractivity contribution in [3.8, 4) is 0 Å². The number of hydrogen-bond donors (Lipinski definition) is 1. The Hall–Kier alpha value is -1.02. The molecule has 2 aromatic rings. The average Bonchev–Trinajstić information content (AvgIpc) is 2.37. The van der Waals surface area contributed by atoms with Crippen molar-refractivity contribution in [2.75, 3.05) is 0 Å². The maximum Gasteiger partial charge on any atom is 0.105 e. The number of aliphatic hydroxyl groups excluding tert-OH is 1. The normalized spacial score (nSPS) is 13.3. The highest BCUT2D eigenvalue weighted by atomic mass is 35.5. The smallest absolute Gasteiger partial charge is 0.105 e. The number of hydrogen-bond acceptors (Lipinski definition) is 1. The van der Waals surface area contributed by atoms with Crippen LogP contribution in [0.2, 0.25) is 10.0 Å². The molecule has 0 saturated heterocycles. The molecule has 0 amide bonds. The van der Waals surface area contributed by atoms with Crippen molar-refractivity contribution in [1.82, 2.24) is 0 Å². The summed E-state index contributed by atoms with van der Waals surface area (Å²) < 4.78 is 0. The first kappa shape index (κ1) is 15.4. The molecular weight excluding hydrogens is 291 g/mol. The lowest BCUT2D eigenvalue weighted by atomic mass is 9.86. The van der Waals surface area contributed by atoms with Crippen LogP contribution < -0.4 is 0 Å². The van der Waals surface area contributed by atoms with Gasteiger partial charge in [0.05, 0.1) is 0 Å². The van der Waals surface area contributed by atoms with Crippen LogP contribution in [-0.4, -0.2) is 5.11 Å². The fourth-order valence-corrected chi connectivity index (χ4v) is 2.58. The molecule has 0 radical (unpaired) electrons. The van der Waals surface area contributed by atoms with Crippen molar-refractivity contribution in [3.05, 3.63) is 69.2 Å². The van der Waals surface area contributed by atoms with E-state index in [9.17, 15) is 5.11 Å². The zero-order chi connectivity index (χ0) is 14.9. The van der Waals surface area contributed by atoms with Crippen molar-refractivity contribution in [2.24, 2.45) is 0 Å². The van der Waals surface area contributed by atoms with Gasteiger partial charge in [0, 0.05) is 15.6 Å². The molecule has 0 aromatic heterocycles. The van der Waals surface area contributed by atoms with E-state index in [1.165, 1.54) is 5.56 Å². The predicted molar refractivity (Wildman–Crippen MR) is 85.7 cm³/mol. The van der Waals surface area contributed by atoms with Crippen LogP contribution in [0.5, 0.6) is 0 Å². The van der Waals surface area contributed by atoms with E-state index in [1.807, 2.05) is 24.3 Å². The molecular formula is C17H18Cl2O. The minimum Gasteiger partial charge on any atom is -0.384 e. The third kappa shape index (κ3) is 3.35. The molecule has 3 heteroatoms. The quantitative estimate of drug-likeness (QED) is 0.790. The van der Waals surface area contributed by atoms with Gasteiger partial charge in [-0.15, -0.1) is 0 Å². The third-order valence-corrected chi connectivity index (χ3v) is 3.91. The van der Waals surface area contributed by atoms with Crippen LogP contribution in [0.4, 0.5) is 0 Å². The molecule has 0 saturated carbocycles. The first-order valence-electron chi connectivity index (χ1n) is 6.52. The minimum absolute atomic E-state index is 0.0986. The van der Waals surface area contributed by atoms with Gasteiger partial charge in [0.25, 0.3) is 0 Å². The van der Waals surface area contributed by atoms with E-state index in [0.717, 1.165) is 5.56 Å². The van der Waals surface area contributed by atoms with Gasteiger partial charge in [-0.25, -0.2) is 0 Å². The van der Waals surface area contributed by atoms with Crippen LogP contribution in [0, 0.1) is 0 Å². The van der Waals surface area contributed by atoms with E-state index in [1.54, 1.807) is 18.2 Å². The highest BCUT2D eigenvalue weighted by Crippen LogP contribution is 2.31. The number of aliphatic hydroxyl groups is 1. The SMILES string of the molecule is CC(C)(C)c1ccc(C(O)c2ccc(Cl)cc2Cl)cc1. The second-order valence-corrected chi connectivity index (χ2v) is 6.78. The molecule has 20 heavy (non-hydrogen) atoms. The van der Waals surface area contributed by atoms with Crippen molar-refractivity contribution in [3.63, 3.8) is 0 Å². The van der Waals surface area contributed by atoms with Crippen LogP contribution >= 0.6 is 23.2 Å². The third-order valence-electron chi connectivity index (χ3n) is 3.35. The second kappa shape index (κ2) is 5.77. The summed E-state index contributed by atoms with van der Waals surface area (Å²) in [7, 11) is 0.